The Kier molecular flexibility index (Phi) is 3.32. The van der Waals surface area contributed by atoms with E-state index in [1.54, 1.807) is 12.4 Å². The molecule has 0 spiro atoms. The maximum absolute atomic E-state index is 11.2. The Balaban J connectivity index is 2.30. The van der Waals surface area contributed by atoms with Crippen molar-refractivity contribution in [3.05, 3.63) is 18.7 Å². The third-order valence-corrected chi connectivity index (χ3v) is 1.55. The molecule has 4 heteroatoms. The van der Waals surface area contributed by atoms with Crippen LogP contribution in [0, 0.1) is 0 Å². The van der Waals surface area contributed by atoms with E-state index >= 15 is 0 Å². The van der Waals surface area contributed by atoms with Gasteiger partial charge in [0.15, 0.2) is 0 Å². The second-order valence-corrected chi connectivity index (χ2v) is 2.56. The van der Waals surface area contributed by atoms with Gasteiger partial charge in [-0.15, -0.1) is 0 Å². The highest BCUT2D eigenvalue weighted by atomic mass is 16.2. The molecule has 1 aromatic rings. The molecule has 12 heavy (non-hydrogen) atoms. The lowest BCUT2D eigenvalue weighted by Crippen LogP contribution is -2.28. The molecule has 4 nitrogen and oxygen atoms in total. The van der Waals surface area contributed by atoms with E-state index in [0.717, 1.165) is 19.4 Å². The Bertz CT molecular complexity index is 230. The molecule has 1 aromatic heterocycles. The smallest absolute Gasteiger partial charge is 0.326 e. The first-order chi connectivity index (χ1) is 5.84. The Hall–Kier alpha value is -1.32. The summed E-state index contributed by atoms with van der Waals surface area (Å²) in [5.41, 5.74) is 0. The van der Waals surface area contributed by atoms with Crippen LogP contribution in [0.2, 0.25) is 0 Å². The molecule has 1 amide bonds. The van der Waals surface area contributed by atoms with Gasteiger partial charge in [0.05, 0.1) is 0 Å². The standard InChI is InChI=1S/C8H13N3O/c1-2-3-4-10-8(12)11-6-5-9-7-11/h5-7H,2-4H2,1H3,(H,10,12). The topological polar surface area (TPSA) is 46.9 Å². The molecule has 0 fully saturated rings. The number of carbonyl (C=O) groups is 1. The van der Waals surface area contributed by atoms with Crippen molar-refractivity contribution >= 4 is 6.03 Å². The van der Waals surface area contributed by atoms with E-state index in [0.29, 0.717) is 0 Å². The lowest BCUT2D eigenvalue weighted by Gasteiger charge is -2.02. The second-order valence-electron chi connectivity index (χ2n) is 2.56. The van der Waals surface area contributed by atoms with E-state index < -0.39 is 0 Å². The molecule has 1 heterocycles. The van der Waals surface area contributed by atoms with Crippen molar-refractivity contribution in [2.45, 2.75) is 19.8 Å². The van der Waals surface area contributed by atoms with Crippen molar-refractivity contribution in [1.82, 2.24) is 14.9 Å². The number of hydrogen-bond donors (Lipinski definition) is 1. The van der Waals surface area contributed by atoms with Crippen molar-refractivity contribution in [3.63, 3.8) is 0 Å². The molecule has 1 rings (SSSR count). The molecular formula is C8H13N3O. The van der Waals surface area contributed by atoms with Crippen LogP contribution >= 0.6 is 0 Å². The normalized spacial score (nSPS) is 9.75. The summed E-state index contributed by atoms with van der Waals surface area (Å²) >= 11 is 0. The van der Waals surface area contributed by atoms with Crippen LogP contribution in [-0.2, 0) is 0 Å². The molecule has 0 saturated carbocycles. The maximum atomic E-state index is 11.2. The Morgan fingerprint density at radius 2 is 2.50 bits per heavy atom. The van der Waals surface area contributed by atoms with Crippen LogP contribution in [0.4, 0.5) is 4.79 Å². The van der Waals surface area contributed by atoms with Crippen LogP contribution in [0.15, 0.2) is 18.7 Å². The minimum Gasteiger partial charge on any atom is -0.337 e. The van der Waals surface area contributed by atoms with Crippen LogP contribution < -0.4 is 5.32 Å². The lowest BCUT2D eigenvalue weighted by molar-refractivity contribution is 0.242. The number of aromatic nitrogens is 2. The molecule has 0 aromatic carbocycles. The first-order valence-electron chi connectivity index (χ1n) is 4.10. The molecule has 0 aliphatic carbocycles. The van der Waals surface area contributed by atoms with Gasteiger partial charge in [-0.2, -0.15) is 0 Å². The van der Waals surface area contributed by atoms with E-state index in [9.17, 15) is 4.79 Å². The van der Waals surface area contributed by atoms with Gasteiger partial charge in [-0.05, 0) is 6.42 Å². The molecular weight excluding hydrogens is 154 g/mol. The van der Waals surface area contributed by atoms with E-state index in [-0.39, 0.29) is 6.03 Å². The number of unbranched alkanes of at least 4 members (excludes halogenated alkanes) is 1. The zero-order chi connectivity index (χ0) is 8.81. The predicted molar refractivity (Wildman–Crippen MR) is 45.9 cm³/mol. The summed E-state index contributed by atoms with van der Waals surface area (Å²) in [4.78, 5) is 15.0. The Morgan fingerprint density at radius 1 is 1.67 bits per heavy atom. The number of carbonyl (C=O) groups excluding carboxylic acids is 1. The second kappa shape index (κ2) is 4.54. The van der Waals surface area contributed by atoms with Crippen LogP contribution in [0.3, 0.4) is 0 Å². The number of nitrogens with zero attached hydrogens (tertiary/aromatic N) is 2. The molecule has 1 N–H and O–H groups in total. The summed E-state index contributed by atoms with van der Waals surface area (Å²) in [6, 6.07) is -0.110. The Morgan fingerprint density at radius 3 is 3.08 bits per heavy atom. The van der Waals surface area contributed by atoms with Gasteiger partial charge in [-0.25, -0.2) is 9.78 Å². The van der Waals surface area contributed by atoms with Gasteiger partial charge in [0.25, 0.3) is 0 Å². The highest BCUT2D eigenvalue weighted by Gasteiger charge is 1.99. The van der Waals surface area contributed by atoms with Gasteiger partial charge in [-0.3, -0.25) is 4.57 Å². The van der Waals surface area contributed by atoms with Gasteiger partial charge < -0.3 is 5.32 Å². The molecule has 0 radical (unpaired) electrons. The van der Waals surface area contributed by atoms with E-state index in [4.69, 9.17) is 0 Å². The minimum absolute atomic E-state index is 0.110. The van der Waals surface area contributed by atoms with Crippen molar-refractivity contribution < 1.29 is 4.79 Å². The van der Waals surface area contributed by atoms with Crippen molar-refractivity contribution in [2.75, 3.05) is 6.54 Å². The molecule has 0 bridgehead atoms. The summed E-state index contributed by atoms with van der Waals surface area (Å²) in [6.45, 7) is 2.82. The van der Waals surface area contributed by atoms with Crippen LogP contribution in [0.5, 0.6) is 0 Å². The summed E-state index contributed by atoms with van der Waals surface area (Å²) in [5, 5.41) is 2.77. The summed E-state index contributed by atoms with van der Waals surface area (Å²) in [5.74, 6) is 0. The van der Waals surface area contributed by atoms with Crippen molar-refractivity contribution in [1.29, 1.82) is 0 Å². The van der Waals surface area contributed by atoms with Crippen molar-refractivity contribution in [3.8, 4) is 0 Å². The first-order valence-corrected chi connectivity index (χ1v) is 4.10. The van der Waals surface area contributed by atoms with Crippen LogP contribution in [0.1, 0.15) is 19.8 Å². The molecule has 0 unspecified atom stereocenters. The molecule has 66 valence electrons. The average molecular weight is 167 g/mol. The zero-order valence-corrected chi connectivity index (χ0v) is 7.16. The number of rotatable bonds is 3. The number of imidazole rings is 1. The van der Waals surface area contributed by atoms with Crippen LogP contribution in [-0.4, -0.2) is 22.1 Å². The third kappa shape index (κ3) is 2.38. The number of amides is 1. The SMILES string of the molecule is CCCCNC(=O)n1ccnc1. The van der Waals surface area contributed by atoms with Gasteiger partial charge in [-0.1, -0.05) is 13.3 Å². The molecule has 0 saturated heterocycles. The highest BCUT2D eigenvalue weighted by molar-refractivity contribution is 5.76. The number of hydrogen-bond acceptors (Lipinski definition) is 2. The van der Waals surface area contributed by atoms with Crippen molar-refractivity contribution in [2.24, 2.45) is 0 Å². The third-order valence-electron chi connectivity index (χ3n) is 1.55. The molecule has 0 aliphatic rings. The largest absolute Gasteiger partial charge is 0.337 e. The lowest BCUT2D eigenvalue weighted by atomic mass is 10.3. The minimum atomic E-state index is -0.110. The quantitative estimate of drug-likeness (QED) is 0.688. The zero-order valence-electron chi connectivity index (χ0n) is 7.16. The maximum Gasteiger partial charge on any atom is 0.326 e. The Labute approximate surface area is 71.6 Å². The van der Waals surface area contributed by atoms with Crippen LogP contribution in [0.25, 0.3) is 0 Å². The number of nitrogens with one attached hydrogen (secondary N) is 1. The molecule has 0 aliphatic heterocycles. The predicted octanol–water partition coefficient (Wildman–Crippen LogP) is 1.24. The summed E-state index contributed by atoms with van der Waals surface area (Å²) in [7, 11) is 0. The first kappa shape index (κ1) is 8.77. The average Bonchev–Trinajstić information content (AvgIpc) is 2.56. The fourth-order valence-corrected chi connectivity index (χ4v) is 0.843. The summed E-state index contributed by atoms with van der Waals surface area (Å²) in [6.07, 6.45) is 6.80. The van der Waals surface area contributed by atoms with Gasteiger partial charge in [0.2, 0.25) is 0 Å². The van der Waals surface area contributed by atoms with Gasteiger partial charge >= 0.3 is 6.03 Å². The highest BCUT2D eigenvalue weighted by Crippen LogP contribution is 1.86. The van der Waals surface area contributed by atoms with Gasteiger partial charge in [0, 0.05) is 18.9 Å². The van der Waals surface area contributed by atoms with Gasteiger partial charge in [0.1, 0.15) is 6.33 Å². The van der Waals surface area contributed by atoms with E-state index in [2.05, 4.69) is 17.2 Å². The summed E-state index contributed by atoms with van der Waals surface area (Å²) < 4.78 is 1.43. The fourth-order valence-electron chi connectivity index (χ4n) is 0.843. The van der Waals surface area contributed by atoms with E-state index in [1.807, 2.05) is 0 Å². The monoisotopic (exact) mass is 167 g/mol. The van der Waals surface area contributed by atoms with E-state index in [1.165, 1.54) is 10.9 Å². The molecule has 0 atom stereocenters. The fraction of sp³-hybridized carbons (Fsp3) is 0.500.